The fourth-order valence-electron chi connectivity index (χ4n) is 4.88. The summed E-state index contributed by atoms with van der Waals surface area (Å²) < 4.78 is 25.8. The summed E-state index contributed by atoms with van der Waals surface area (Å²) >= 11 is 0. The summed E-state index contributed by atoms with van der Waals surface area (Å²) in [5, 5.41) is 12.9. The van der Waals surface area contributed by atoms with E-state index in [0.29, 0.717) is 5.69 Å². The number of anilines is 1. The highest BCUT2D eigenvalue weighted by atomic mass is 19.1. The Labute approximate surface area is 193 Å². The van der Waals surface area contributed by atoms with Gasteiger partial charge in [-0.25, -0.2) is 4.39 Å². The molecule has 0 radical (unpaired) electrons. The molecule has 1 saturated heterocycles. The van der Waals surface area contributed by atoms with E-state index in [-0.39, 0.29) is 11.9 Å². The van der Waals surface area contributed by atoms with Crippen LogP contribution in [0.25, 0.3) is 11.1 Å². The van der Waals surface area contributed by atoms with Crippen LogP contribution >= 0.6 is 0 Å². The number of rotatable bonds is 4. The van der Waals surface area contributed by atoms with E-state index in [1.165, 1.54) is 12.1 Å². The van der Waals surface area contributed by atoms with Crippen LogP contribution in [-0.4, -0.2) is 53.1 Å². The molecule has 5 rings (SSSR count). The van der Waals surface area contributed by atoms with Gasteiger partial charge < -0.3 is 19.9 Å². The van der Waals surface area contributed by atoms with Crippen molar-refractivity contribution < 1.29 is 19.0 Å². The molecule has 0 bridgehead atoms. The smallest absolute Gasteiger partial charge is 0.157 e. The molecule has 1 unspecified atom stereocenters. The molecule has 0 amide bonds. The normalized spacial score (nSPS) is 24.9. The van der Waals surface area contributed by atoms with Crippen molar-refractivity contribution in [2.75, 3.05) is 25.5 Å². The number of aliphatic hydroxyl groups is 1. The molecule has 7 heteroatoms. The highest BCUT2D eigenvalue weighted by Crippen LogP contribution is 2.45. The van der Waals surface area contributed by atoms with Gasteiger partial charge in [0.15, 0.2) is 6.23 Å². The van der Waals surface area contributed by atoms with E-state index in [9.17, 15) is 9.50 Å². The number of allylic oxidation sites excluding steroid dienone is 1. The maximum atomic E-state index is 13.7. The van der Waals surface area contributed by atoms with Crippen molar-refractivity contribution in [2.45, 2.75) is 51.2 Å². The number of ether oxygens (including phenoxy) is 2. The third kappa shape index (κ3) is 4.28. The number of aromatic nitrogens is 1. The lowest BCUT2D eigenvalue weighted by Crippen LogP contribution is -2.35. The van der Waals surface area contributed by atoms with E-state index >= 15 is 0 Å². The second-order valence-electron chi connectivity index (χ2n) is 9.44. The van der Waals surface area contributed by atoms with E-state index in [4.69, 9.17) is 14.5 Å². The van der Waals surface area contributed by atoms with Crippen LogP contribution in [0.1, 0.15) is 43.5 Å². The van der Waals surface area contributed by atoms with Crippen LogP contribution in [0.5, 0.6) is 0 Å². The summed E-state index contributed by atoms with van der Waals surface area (Å²) in [7, 11) is 1.62. The highest BCUT2D eigenvalue weighted by Gasteiger charge is 2.38. The fraction of sp³-hybridized carbons (Fsp3) is 0.423. The van der Waals surface area contributed by atoms with Crippen LogP contribution in [0, 0.1) is 5.82 Å². The SMILES string of the molecule is COC1Nc2cc(F)ccc2/C1=C1/C=C(c2ccc(CN3CCC(O)CC3)nc2)C(C)(C)O1. The van der Waals surface area contributed by atoms with Gasteiger partial charge >= 0.3 is 0 Å². The molecule has 0 saturated carbocycles. The third-order valence-electron chi connectivity index (χ3n) is 6.69. The van der Waals surface area contributed by atoms with Gasteiger partial charge in [0.1, 0.15) is 17.2 Å². The number of aliphatic hydroxyl groups excluding tert-OH is 1. The van der Waals surface area contributed by atoms with Crippen LogP contribution in [-0.2, 0) is 16.0 Å². The van der Waals surface area contributed by atoms with E-state index < -0.39 is 11.8 Å². The molecule has 3 aliphatic heterocycles. The van der Waals surface area contributed by atoms with Crippen molar-refractivity contribution in [3.8, 4) is 0 Å². The highest BCUT2D eigenvalue weighted by molar-refractivity contribution is 5.90. The molecule has 1 aromatic carbocycles. The number of likely N-dealkylation sites (tertiary alicyclic amines) is 1. The number of nitrogens with one attached hydrogen (secondary N) is 1. The fourth-order valence-corrected chi connectivity index (χ4v) is 4.88. The van der Waals surface area contributed by atoms with Gasteiger partial charge in [-0.15, -0.1) is 0 Å². The Morgan fingerprint density at radius 3 is 2.73 bits per heavy atom. The lowest BCUT2D eigenvalue weighted by molar-refractivity contribution is 0.0787. The van der Waals surface area contributed by atoms with E-state index in [2.05, 4.69) is 22.3 Å². The topological polar surface area (TPSA) is 66.9 Å². The van der Waals surface area contributed by atoms with Gasteiger partial charge in [0, 0.05) is 55.3 Å². The Hall–Kier alpha value is -2.74. The summed E-state index contributed by atoms with van der Waals surface area (Å²) in [6, 6.07) is 8.85. The van der Waals surface area contributed by atoms with Gasteiger partial charge in [0.25, 0.3) is 0 Å². The molecule has 33 heavy (non-hydrogen) atoms. The molecule has 2 aromatic rings. The zero-order valence-electron chi connectivity index (χ0n) is 19.3. The number of fused-ring (bicyclic) bond motifs is 1. The number of methoxy groups -OCH3 is 1. The van der Waals surface area contributed by atoms with Gasteiger partial charge in [-0.1, -0.05) is 6.07 Å². The summed E-state index contributed by atoms with van der Waals surface area (Å²) in [4.78, 5) is 7.04. The minimum atomic E-state index is -0.546. The van der Waals surface area contributed by atoms with Crippen molar-refractivity contribution in [1.82, 2.24) is 9.88 Å². The standard InChI is InChI=1S/C26H30FN3O3/c1-26(2)21(16-4-6-18(28-14-16)15-30-10-8-19(31)9-11-30)13-23(33-26)24-20-7-5-17(27)12-22(20)29-25(24)32-3/h4-7,12-14,19,25,29,31H,8-11,15H2,1-3H3/b24-23+. The molecule has 1 atom stereocenters. The van der Waals surface area contributed by atoms with Crippen LogP contribution in [0.2, 0.25) is 0 Å². The number of benzene rings is 1. The van der Waals surface area contributed by atoms with Crippen LogP contribution < -0.4 is 5.32 Å². The number of hydrogen-bond donors (Lipinski definition) is 2. The number of piperidine rings is 1. The van der Waals surface area contributed by atoms with Gasteiger partial charge in [-0.3, -0.25) is 9.88 Å². The first kappa shape index (κ1) is 22.1. The lowest BCUT2D eigenvalue weighted by atomic mass is 9.93. The van der Waals surface area contributed by atoms with Gasteiger partial charge in [-0.2, -0.15) is 0 Å². The van der Waals surface area contributed by atoms with Gasteiger partial charge in [0.2, 0.25) is 0 Å². The van der Waals surface area contributed by atoms with E-state index in [0.717, 1.165) is 66.2 Å². The Morgan fingerprint density at radius 1 is 1.24 bits per heavy atom. The summed E-state index contributed by atoms with van der Waals surface area (Å²) in [6.45, 7) is 6.65. The zero-order chi connectivity index (χ0) is 23.2. The number of halogens is 1. The molecule has 4 heterocycles. The summed E-state index contributed by atoms with van der Waals surface area (Å²) in [5.41, 5.74) is 4.96. The van der Waals surface area contributed by atoms with Crippen molar-refractivity contribution in [1.29, 1.82) is 0 Å². The zero-order valence-corrected chi connectivity index (χ0v) is 19.3. The minimum absolute atomic E-state index is 0.171. The predicted molar refractivity (Wildman–Crippen MR) is 126 cm³/mol. The number of pyridine rings is 1. The molecule has 174 valence electrons. The lowest BCUT2D eigenvalue weighted by Gasteiger charge is -2.29. The molecule has 3 aliphatic rings. The molecular weight excluding hydrogens is 421 g/mol. The molecule has 2 N–H and O–H groups in total. The Kier molecular flexibility index (Phi) is 5.72. The van der Waals surface area contributed by atoms with Crippen LogP contribution in [0.3, 0.4) is 0 Å². The van der Waals surface area contributed by atoms with Crippen LogP contribution in [0.15, 0.2) is 48.4 Å². The summed E-state index contributed by atoms with van der Waals surface area (Å²) in [5.74, 6) is 0.425. The molecule has 0 spiro atoms. The van der Waals surface area contributed by atoms with Gasteiger partial charge in [-0.05, 0) is 57.0 Å². The Morgan fingerprint density at radius 2 is 2.03 bits per heavy atom. The van der Waals surface area contributed by atoms with Crippen molar-refractivity contribution in [3.05, 3.63) is 71.0 Å². The Bertz CT molecular complexity index is 1100. The van der Waals surface area contributed by atoms with Crippen molar-refractivity contribution >= 4 is 16.8 Å². The molecular formula is C26H30FN3O3. The number of hydrogen-bond acceptors (Lipinski definition) is 6. The Balaban J connectivity index is 1.43. The second kappa shape index (κ2) is 8.56. The number of nitrogens with zero attached hydrogens (tertiary/aromatic N) is 2. The van der Waals surface area contributed by atoms with Gasteiger partial charge in [0.05, 0.1) is 17.4 Å². The molecule has 0 aliphatic carbocycles. The first-order valence-electron chi connectivity index (χ1n) is 11.4. The monoisotopic (exact) mass is 451 g/mol. The maximum Gasteiger partial charge on any atom is 0.157 e. The second-order valence-corrected chi connectivity index (χ2v) is 9.44. The van der Waals surface area contributed by atoms with E-state index in [1.807, 2.05) is 26.1 Å². The maximum absolute atomic E-state index is 13.7. The third-order valence-corrected chi connectivity index (χ3v) is 6.69. The first-order chi connectivity index (χ1) is 15.8. The van der Waals surface area contributed by atoms with Crippen molar-refractivity contribution in [2.24, 2.45) is 0 Å². The first-order valence-corrected chi connectivity index (χ1v) is 11.4. The largest absolute Gasteiger partial charge is 0.483 e. The minimum Gasteiger partial charge on any atom is -0.483 e. The predicted octanol–water partition coefficient (Wildman–Crippen LogP) is 4.18. The van der Waals surface area contributed by atoms with Crippen LogP contribution in [0.4, 0.5) is 10.1 Å². The molecule has 1 aromatic heterocycles. The summed E-state index contributed by atoms with van der Waals surface area (Å²) in [6.07, 6.45) is 5.01. The quantitative estimate of drug-likeness (QED) is 0.727. The van der Waals surface area contributed by atoms with E-state index in [1.54, 1.807) is 13.2 Å². The van der Waals surface area contributed by atoms with Crippen molar-refractivity contribution in [3.63, 3.8) is 0 Å². The average molecular weight is 452 g/mol. The molecule has 1 fully saturated rings. The molecule has 6 nitrogen and oxygen atoms in total. The average Bonchev–Trinajstić information content (AvgIpc) is 3.31.